The predicted octanol–water partition coefficient (Wildman–Crippen LogP) is 0.0794. The Balaban J connectivity index is 3.75. The number of ether oxygens (including phenoxy) is 1. The van der Waals surface area contributed by atoms with Crippen LogP contribution < -0.4 is 0 Å². The summed E-state index contributed by atoms with van der Waals surface area (Å²) in [6.45, 7) is 2.10. The molecule has 0 heterocycles. The van der Waals surface area contributed by atoms with Crippen LogP contribution in [0.25, 0.3) is 0 Å². The monoisotopic (exact) mass is 174 g/mol. The Morgan fingerprint density at radius 3 is 2.33 bits per heavy atom. The zero-order chi connectivity index (χ0) is 9.56. The number of carbonyl (C=O) groups excluding carboxylic acids is 2. The van der Waals surface area contributed by atoms with Gasteiger partial charge in [-0.2, -0.15) is 0 Å². The Hall–Kier alpha value is -1.46. The molecule has 0 bridgehead atoms. The SMILES string of the molecule is CC(=O)CN(COC(C)=O)N=O. The van der Waals surface area contributed by atoms with E-state index in [-0.39, 0.29) is 19.1 Å². The van der Waals surface area contributed by atoms with E-state index in [2.05, 4.69) is 10.0 Å². The van der Waals surface area contributed by atoms with Crippen LogP contribution in [0.15, 0.2) is 5.29 Å². The molecule has 6 heteroatoms. The second kappa shape index (κ2) is 5.22. The van der Waals surface area contributed by atoms with Gasteiger partial charge in [0.15, 0.2) is 12.5 Å². The van der Waals surface area contributed by atoms with Crippen molar-refractivity contribution in [2.24, 2.45) is 5.29 Å². The van der Waals surface area contributed by atoms with Crippen LogP contribution in [-0.4, -0.2) is 30.0 Å². The lowest BCUT2D eigenvalue weighted by atomic mass is 10.4. The van der Waals surface area contributed by atoms with Crippen LogP contribution in [0.1, 0.15) is 13.8 Å². The summed E-state index contributed by atoms with van der Waals surface area (Å²) in [4.78, 5) is 30.7. The van der Waals surface area contributed by atoms with Gasteiger partial charge in [-0.3, -0.25) is 9.59 Å². The molecule has 0 aromatic heterocycles. The number of Topliss-reactive ketones (excluding diaryl/α,β-unsaturated/α-hetero) is 1. The molecule has 0 aliphatic heterocycles. The molecule has 0 rings (SSSR count). The molecule has 0 aromatic rings. The van der Waals surface area contributed by atoms with Crippen LogP contribution in [0.4, 0.5) is 0 Å². The minimum Gasteiger partial charge on any atom is -0.443 e. The van der Waals surface area contributed by atoms with Crippen molar-refractivity contribution in [1.82, 2.24) is 5.01 Å². The van der Waals surface area contributed by atoms with Crippen molar-refractivity contribution < 1.29 is 14.3 Å². The van der Waals surface area contributed by atoms with Crippen molar-refractivity contribution in [2.75, 3.05) is 13.3 Å². The number of esters is 1. The van der Waals surface area contributed by atoms with Crippen LogP contribution in [0, 0.1) is 4.91 Å². The molecule has 0 amide bonds. The molecule has 0 fully saturated rings. The van der Waals surface area contributed by atoms with Crippen molar-refractivity contribution in [1.29, 1.82) is 0 Å². The van der Waals surface area contributed by atoms with E-state index in [9.17, 15) is 14.5 Å². The third-order valence-corrected chi connectivity index (χ3v) is 0.937. The van der Waals surface area contributed by atoms with Crippen molar-refractivity contribution >= 4 is 11.8 Å². The van der Waals surface area contributed by atoms with E-state index in [1.807, 2.05) is 0 Å². The number of hydrogen-bond acceptors (Lipinski definition) is 5. The standard InChI is InChI=1S/C6H10N2O4/c1-5(9)3-8(7-11)4-12-6(2)10/h3-4H2,1-2H3. The molecule has 0 aliphatic rings. The van der Waals surface area contributed by atoms with Gasteiger partial charge in [0, 0.05) is 6.92 Å². The van der Waals surface area contributed by atoms with Gasteiger partial charge in [0.2, 0.25) is 0 Å². The van der Waals surface area contributed by atoms with Gasteiger partial charge in [-0.15, -0.1) is 4.91 Å². The number of rotatable bonds is 5. The summed E-state index contributed by atoms with van der Waals surface area (Å²) < 4.78 is 4.44. The number of nitroso groups, excluding NO2 is 1. The van der Waals surface area contributed by atoms with Gasteiger partial charge in [0.05, 0.1) is 5.29 Å². The predicted molar refractivity (Wildman–Crippen MR) is 39.8 cm³/mol. The van der Waals surface area contributed by atoms with E-state index in [0.29, 0.717) is 0 Å². The number of carbonyl (C=O) groups is 2. The summed E-state index contributed by atoms with van der Waals surface area (Å²) in [6, 6.07) is 0. The fourth-order valence-corrected chi connectivity index (χ4v) is 0.521. The van der Waals surface area contributed by atoms with Crippen molar-refractivity contribution in [2.45, 2.75) is 13.8 Å². The van der Waals surface area contributed by atoms with Crippen LogP contribution in [0.3, 0.4) is 0 Å². The summed E-state index contributed by atoms with van der Waals surface area (Å²) in [7, 11) is 0. The van der Waals surface area contributed by atoms with Gasteiger partial charge in [0.25, 0.3) is 0 Å². The number of nitrogens with zero attached hydrogens (tertiary/aromatic N) is 2. The average Bonchev–Trinajstić information content (AvgIpc) is 1.97. The molecule has 0 unspecified atom stereocenters. The van der Waals surface area contributed by atoms with Gasteiger partial charge in [-0.1, -0.05) is 0 Å². The van der Waals surface area contributed by atoms with Crippen LogP contribution in [0.2, 0.25) is 0 Å². The third kappa shape index (κ3) is 5.33. The Labute approximate surface area is 69.4 Å². The molecule has 6 nitrogen and oxygen atoms in total. The minimum atomic E-state index is -0.521. The highest BCUT2D eigenvalue weighted by atomic mass is 16.5. The fourth-order valence-electron chi connectivity index (χ4n) is 0.521. The first kappa shape index (κ1) is 10.5. The number of ketones is 1. The molecule has 0 spiro atoms. The first-order chi connectivity index (χ1) is 5.56. The highest BCUT2D eigenvalue weighted by Gasteiger charge is 2.06. The van der Waals surface area contributed by atoms with Crippen molar-refractivity contribution in [3.8, 4) is 0 Å². The molecule has 0 aromatic carbocycles. The van der Waals surface area contributed by atoms with Gasteiger partial charge >= 0.3 is 5.97 Å². The maximum atomic E-state index is 10.5. The van der Waals surface area contributed by atoms with Crippen LogP contribution >= 0.6 is 0 Å². The number of hydrogen-bond donors (Lipinski definition) is 0. The summed E-state index contributed by atoms with van der Waals surface area (Å²) in [5.74, 6) is -0.742. The van der Waals surface area contributed by atoms with E-state index >= 15 is 0 Å². The molecule has 0 N–H and O–H groups in total. The second-order valence-corrected chi connectivity index (χ2v) is 2.21. The van der Waals surface area contributed by atoms with Gasteiger partial charge < -0.3 is 4.74 Å². The first-order valence-corrected chi connectivity index (χ1v) is 3.27. The summed E-state index contributed by atoms with van der Waals surface area (Å²) in [5.41, 5.74) is 0. The lowest BCUT2D eigenvalue weighted by molar-refractivity contribution is -0.146. The molecule has 68 valence electrons. The van der Waals surface area contributed by atoms with E-state index in [0.717, 1.165) is 5.01 Å². The zero-order valence-electron chi connectivity index (χ0n) is 6.94. The Morgan fingerprint density at radius 1 is 1.42 bits per heavy atom. The fraction of sp³-hybridized carbons (Fsp3) is 0.667. The molecule has 0 saturated carbocycles. The second-order valence-electron chi connectivity index (χ2n) is 2.21. The van der Waals surface area contributed by atoms with E-state index < -0.39 is 5.97 Å². The maximum absolute atomic E-state index is 10.5. The van der Waals surface area contributed by atoms with Crippen LogP contribution in [0.5, 0.6) is 0 Å². The van der Waals surface area contributed by atoms with Gasteiger partial charge in [0.1, 0.15) is 6.54 Å². The minimum absolute atomic E-state index is 0.142. The Morgan fingerprint density at radius 2 is 2.00 bits per heavy atom. The van der Waals surface area contributed by atoms with E-state index in [1.54, 1.807) is 0 Å². The molecule has 0 radical (unpaired) electrons. The Bertz CT molecular complexity index is 192. The van der Waals surface area contributed by atoms with Crippen LogP contribution in [-0.2, 0) is 14.3 Å². The normalized spacial score (nSPS) is 8.83. The van der Waals surface area contributed by atoms with Gasteiger partial charge in [-0.25, -0.2) is 5.01 Å². The lowest BCUT2D eigenvalue weighted by Crippen LogP contribution is -2.26. The summed E-state index contributed by atoms with van der Waals surface area (Å²) >= 11 is 0. The summed E-state index contributed by atoms with van der Waals surface area (Å²) in [5, 5.41) is 3.31. The topological polar surface area (TPSA) is 76.0 Å². The molecular weight excluding hydrogens is 164 g/mol. The zero-order valence-corrected chi connectivity index (χ0v) is 6.94. The molecule has 0 aliphatic carbocycles. The summed E-state index contributed by atoms with van der Waals surface area (Å²) in [6.07, 6.45) is 0. The van der Waals surface area contributed by atoms with E-state index in [4.69, 9.17) is 0 Å². The highest BCUT2D eigenvalue weighted by Crippen LogP contribution is 1.90. The quantitative estimate of drug-likeness (QED) is 0.255. The average molecular weight is 174 g/mol. The third-order valence-electron chi connectivity index (χ3n) is 0.937. The molecular formula is C6H10N2O4. The van der Waals surface area contributed by atoms with Gasteiger partial charge in [-0.05, 0) is 6.92 Å². The lowest BCUT2D eigenvalue weighted by Gasteiger charge is -2.11. The first-order valence-electron chi connectivity index (χ1n) is 3.27. The smallest absolute Gasteiger partial charge is 0.304 e. The van der Waals surface area contributed by atoms with E-state index in [1.165, 1.54) is 13.8 Å². The highest BCUT2D eigenvalue weighted by molar-refractivity contribution is 5.77. The molecule has 0 atom stereocenters. The van der Waals surface area contributed by atoms with Crippen molar-refractivity contribution in [3.63, 3.8) is 0 Å². The molecule has 12 heavy (non-hydrogen) atoms. The maximum Gasteiger partial charge on any atom is 0.304 e. The molecule has 0 saturated heterocycles. The Kier molecular flexibility index (Phi) is 4.59. The van der Waals surface area contributed by atoms with Crippen molar-refractivity contribution in [3.05, 3.63) is 4.91 Å². The largest absolute Gasteiger partial charge is 0.443 e.